The zero-order valence-corrected chi connectivity index (χ0v) is 19.5. The van der Waals surface area contributed by atoms with E-state index < -0.39 is 51.1 Å². The Kier molecular flexibility index (Phi) is 6.72. The maximum atomic E-state index is 13.7. The molecule has 0 aliphatic heterocycles. The minimum absolute atomic E-state index is 0.0433. The molecule has 1 aromatic heterocycles. The average Bonchev–Trinajstić information content (AvgIpc) is 3.24. The molecule has 0 radical (unpaired) electrons. The highest BCUT2D eigenvalue weighted by atomic mass is 32.2. The standard InChI is InChI=1S/C22H16F3N5O6S/c1-11(21(31)26-17-9-7-15(23)19(24)20(17)25)36-22(32)12-2-4-13(5-3-12)28-37(34,35)14-6-8-16-18(10-14)30(33)29-27-16/h2-11,28,33H,1H3,(H,26,31)/t11-/m0/s1. The number of aromatic nitrogens is 3. The van der Waals surface area contributed by atoms with Crippen LogP contribution in [0.4, 0.5) is 24.5 Å². The second-order valence-electron chi connectivity index (χ2n) is 7.57. The summed E-state index contributed by atoms with van der Waals surface area (Å²) in [6.45, 7) is 1.18. The Morgan fingerprint density at radius 2 is 1.73 bits per heavy atom. The number of benzene rings is 3. The molecule has 0 fully saturated rings. The first-order valence-electron chi connectivity index (χ1n) is 10.3. The van der Waals surface area contributed by atoms with Gasteiger partial charge < -0.3 is 15.3 Å². The summed E-state index contributed by atoms with van der Waals surface area (Å²) in [7, 11) is -4.08. The van der Waals surface area contributed by atoms with Crippen molar-refractivity contribution in [3.8, 4) is 0 Å². The Balaban J connectivity index is 1.40. The van der Waals surface area contributed by atoms with E-state index in [2.05, 4.69) is 15.0 Å². The molecular weight excluding hydrogens is 519 g/mol. The largest absolute Gasteiger partial charge is 0.449 e. The van der Waals surface area contributed by atoms with E-state index in [1.165, 1.54) is 49.4 Å². The number of hydrogen-bond acceptors (Lipinski definition) is 8. The van der Waals surface area contributed by atoms with E-state index in [0.717, 1.165) is 6.07 Å². The lowest BCUT2D eigenvalue weighted by Crippen LogP contribution is -2.30. The van der Waals surface area contributed by atoms with Crippen molar-refractivity contribution in [2.45, 2.75) is 17.9 Å². The predicted octanol–water partition coefficient (Wildman–Crippen LogP) is 3.07. The fourth-order valence-corrected chi connectivity index (χ4v) is 4.16. The number of ether oxygens (including phenoxy) is 1. The van der Waals surface area contributed by atoms with Crippen LogP contribution in [0.3, 0.4) is 0 Å². The second kappa shape index (κ2) is 9.77. The third kappa shape index (κ3) is 5.30. The minimum Gasteiger partial charge on any atom is -0.449 e. The van der Waals surface area contributed by atoms with Crippen molar-refractivity contribution in [2.75, 3.05) is 10.0 Å². The molecule has 0 spiro atoms. The number of sulfonamides is 1. The summed E-state index contributed by atoms with van der Waals surface area (Å²) in [6, 6.07) is 10.2. The van der Waals surface area contributed by atoms with Crippen LogP contribution in [0.1, 0.15) is 17.3 Å². The van der Waals surface area contributed by atoms with Gasteiger partial charge in [-0.2, -0.15) is 0 Å². The molecule has 192 valence electrons. The number of esters is 1. The predicted molar refractivity (Wildman–Crippen MR) is 122 cm³/mol. The van der Waals surface area contributed by atoms with Crippen LogP contribution in [-0.2, 0) is 19.6 Å². The summed E-state index contributed by atoms with van der Waals surface area (Å²) in [5.74, 6) is -6.77. The zero-order chi connectivity index (χ0) is 26.9. The van der Waals surface area contributed by atoms with E-state index in [0.29, 0.717) is 10.9 Å². The summed E-state index contributed by atoms with van der Waals surface area (Å²) in [5.41, 5.74) is -0.235. The molecule has 1 heterocycles. The number of carbonyl (C=O) groups excluding carboxylic acids is 2. The van der Waals surface area contributed by atoms with E-state index in [4.69, 9.17) is 4.74 Å². The molecule has 0 saturated carbocycles. The molecule has 0 bridgehead atoms. The zero-order valence-electron chi connectivity index (χ0n) is 18.6. The SMILES string of the molecule is C[C@H](OC(=O)c1ccc(NS(=O)(=O)c2ccc3nnn(O)c3c2)cc1)C(=O)Nc1ccc(F)c(F)c1F. The summed E-state index contributed by atoms with van der Waals surface area (Å²) in [6.07, 6.45) is -1.44. The van der Waals surface area contributed by atoms with Gasteiger partial charge in [0.2, 0.25) is 0 Å². The summed E-state index contributed by atoms with van der Waals surface area (Å²) >= 11 is 0. The van der Waals surface area contributed by atoms with E-state index in [1.54, 1.807) is 0 Å². The van der Waals surface area contributed by atoms with Crippen LogP contribution in [0.2, 0.25) is 0 Å². The Bertz CT molecular complexity index is 1630. The van der Waals surface area contributed by atoms with Gasteiger partial charge in [0.05, 0.1) is 16.1 Å². The molecule has 0 aliphatic rings. The number of amides is 1. The molecule has 11 nitrogen and oxygen atoms in total. The maximum Gasteiger partial charge on any atom is 0.338 e. The van der Waals surface area contributed by atoms with Crippen LogP contribution in [0.25, 0.3) is 11.0 Å². The number of fused-ring (bicyclic) bond motifs is 1. The number of anilines is 2. The van der Waals surface area contributed by atoms with Crippen molar-refractivity contribution in [1.29, 1.82) is 0 Å². The fourth-order valence-electron chi connectivity index (χ4n) is 3.08. The van der Waals surface area contributed by atoms with Crippen LogP contribution in [0.5, 0.6) is 0 Å². The van der Waals surface area contributed by atoms with Gasteiger partial charge in [-0.05, 0) is 66.7 Å². The van der Waals surface area contributed by atoms with Crippen molar-refractivity contribution in [2.24, 2.45) is 0 Å². The van der Waals surface area contributed by atoms with E-state index in [-0.39, 0.29) is 27.2 Å². The molecule has 0 aliphatic carbocycles. The number of nitrogens with one attached hydrogen (secondary N) is 2. The lowest BCUT2D eigenvalue weighted by molar-refractivity contribution is -0.123. The molecule has 4 aromatic rings. The van der Waals surface area contributed by atoms with E-state index in [1.807, 2.05) is 5.32 Å². The lowest BCUT2D eigenvalue weighted by atomic mass is 10.2. The summed E-state index contributed by atoms with van der Waals surface area (Å²) in [4.78, 5) is 24.8. The van der Waals surface area contributed by atoms with Gasteiger partial charge in [0.15, 0.2) is 23.6 Å². The van der Waals surface area contributed by atoms with Crippen LogP contribution in [0.15, 0.2) is 59.5 Å². The van der Waals surface area contributed by atoms with Gasteiger partial charge in [-0.25, -0.2) is 26.4 Å². The first kappa shape index (κ1) is 25.4. The van der Waals surface area contributed by atoms with E-state index in [9.17, 15) is 36.4 Å². The Morgan fingerprint density at radius 1 is 1.03 bits per heavy atom. The maximum absolute atomic E-state index is 13.7. The van der Waals surface area contributed by atoms with Gasteiger partial charge in [0.25, 0.3) is 15.9 Å². The molecule has 1 atom stereocenters. The van der Waals surface area contributed by atoms with Gasteiger partial charge in [0, 0.05) is 5.69 Å². The quantitative estimate of drug-likeness (QED) is 0.185. The second-order valence-corrected chi connectivity index (χ2v) is 9.25. The van der Waals surface area contributed by atoms with E-state index >= 15 is 0 Å². The van der Waals surface area contributed by atoms with Crippen LogP contribution < -0.4 is 10.0 Å². The highest BCUT2D eigenvalue weighted by Gasteiger charge is 2.22. The Hall–Kier alpha value is -4.66. The van der Waals surface area contributed by atoms with Crippen LogP contribution >= 0.6 is 0 Å². The smallest absolute Gasteiger partial charge is 0.338 e. The monoisotopic (exact) mass is 535 g/mol. The third-order valence-corrected chi connectivity index (χ3v) is 6.41. The molecule has 3 aromatic carbocycles. The van der Waals surface area contributed by atoms with Gasteiger partial charge in [-0.15, -0.1) is 5.10 Å². The van der Waals surface area contributed by atoms with Gasteiger partial charge in [-0.3, -0.25) is 9.52 Å². The van der Waals surface area contributed by atoms with Gasteiger partial charge in [0.1, 0.15) is 11.0 Å². The Morgan fingerprint density at radius 3 is 2.43 bits per heavy atom. The summed E-state index contributed by atoms with van der Waals surface area (Å²) < 4.78 is 72.8. The molecule has 0 saturated heterocycles. The number of halogens is 3. The fraction of sp³-hybridized carbons (Fsp3) is 0.0909. The number of carbonyl (C=O) groups is 2. The first-order valence-corrected chi connectivity index (χ1v) is 11.8. The highest BCUT2D eigenvalue weighted by Crippen LogP contribution is 2.22. The van der Waals surface area contributed by atoms with Crippen molar-refractivity contribution >= 4 is 44.3 Å². The minimum atomic E-state index is -4.08. The van der Waals surface area contributed by atoms with Gasteiger partial charge >= 0.3 is 5.97 Å². The van der Waals surface area contributed by atoms with Crippen LogP contribution in [-0.4, -0.2) is 46.8 Å². The summed E-state index contributed by atoms with van der Waals surface area (Å²) in [5, 5.41) is 18.6. The molecule has 37 heavy (non-hydrogen) atoms. The first-order chi connectivity index (χ1) is 17.5. The number of rotatable bonds is 7. The highest BCUT2D eigenvalue weighted by molar-refractivity contribution is 7.92. The van der Waals surface area contributed by atoms with Gasteiger partial charge in [-0.1, -0.05) is 4.85 Å². The lowest BCUT2D eigenvalue weighted by Gasteiger charge is -2.14. The van der Waals surface area contributed by atoms with Crippen molar-refractivity contribution in [1.82, 2.24) is 15.2 Å². The molecule has 1 amide bonds. The molecule has 4 rings (SSSR count). The van der Waals surface area contributed by atoms with Crippen LogP contribution in [0, 0.1) is 17.5 Å². The average molecular weight is 535 g/mol. The number of nitrogens with zero attached hydrogens (tertiary/aromatic N) is 3. The van der Waals surface area contributed by atoms with Crippen molar-refractivity contribution in [3.63, 3.8) is 0 Å². The third-order valence-electron chi connectivity index (χ3n) is 5.03. The Labute approximate surface area is 206 Å². The van der Waals surface area contributed by atoms with Crippen molar-refractivity contribution < 1.29 is 41.1 Å². The molecule has 3 N–H and O–H groups in total. The molecule has 15 heteroatoms. The number of hydrogen-bond donors (Lipinski definition) is 3. The topological polar surface area (TPSA) is 153 Å². The molecule has 0 unspecified atom stereocenters. The molecular formula is C22H16F3N5O6S. The normalized spacial score (nSPS) is 12.2. The van der Waals surface area contributed by atoms with Crippen molar-refractivity contribution in [3.05, 3.63) is 77.6 Å².